The monoisotopic (exact) mass is 331 g/mol. The van der Waals surface area contributed by atoms with E-state index in [0.29, 0.717) is 15.6 Å². The van der Waals surface area contributed by atoms with Gasteiger partial charge in [-0.05, 0) is 37.3 Å². The van der Waals surface area contributed by atoms with Crippen LogP contribution in [0.25, 0.3) is 6.08 Å². The predicted molar refractivity (Wildman–Crippen MR) is 88.2 cm³/mol. The third kappa shape index (κ3) is 2.91. The third-order valence-electron chi connectivity index (χ3n) is 3.20. The molecule has 0 bridgehead atoms. The molecular formula is C17H11Cl2NO2. The molecule has 3 rings (SSSR count). The van der Waals surface area contributed by atoms with Gasteiger partial charge in [-0.3, -0.25) is 0 Å². The number of aryl methyl sites for hydroxylation is 1. The van der Waals surface area contributed by atoms with Crippen molar-refractivity contribution in [2.45, 2.75) is 6.92 Å². The highest BCUT2D eigenvalue weighted by Gasteiger charge is 2.24. The van der Waals surface area contributed by atoms with Gasteiger partial charge in [0.1, 0.15) is 0 Å². The predicted octanol–water partition coefficient (Wildman–Crippen LogP) is 4.65. The van der Waals surface area contributed by atoms with Crippen LogP contribution in [0, 0.1) is 6.92 Å². The molecule has 0 aliphatic carbocycles. The first-order valence-corrected chi connectivity index (χ1v) is 7.34. The van der Waals surface area contributed by atoms with Crippen LogP contribution in [0.2, 0.25) is 10.0 Å². The first kappa shape index (κ1) is 14.8. The molecule has 0 saturated heterocycles. The molecule has 0 saturated carbocycles. The summed E-state index contributed by atoms with van der Waals surface area (Å²) in [5.41, 5.74) is 2.58. The molecule has 0 unspecified atom stereocenters. The number of nitrogens with zero attached hydrogens (tertiary/aromatic N) is 1. The zero-order valence-electron chi connectivity index (χ0n) is 11.6. The maximum Gasteiger partial charge on any atom is 0.363 e. The van der Waals surface area contributed by atoms with Gasteiger partial charge >= 0.3 is 5.97 Å². The fourth-order valence-electron chi connectivity index (χ4n) is 2.01. The Bertz CT molecular complexity index is 788. The van der Waals surface area contributed by atoms with Gasteiger partial charge in [-0.15, -0.1) is 0 Å². The number of carbonyl (C=O) groups excluding carboxylic acids is 1. The molecular weight excluding hydrogens is 321 g/mol. The number of cyclic esters (lactones) is 1. The van der Waals surface area contributed by atoms with Crippen molar-refractivity contribution in [2.24, 2.45) is 4.99 Å². The van der Waals surface area contributed by atoms with E-state index >= 15 is 0 Å². The van der Waals surface area contributed by atoms with E-state index in [1.165, 1.54) is 6.08 Å². The van der Waals surface area contributed by atoms with E-state index in [-0.39, 0.29) is 11.6 Å². The van der Waals surface area contributed by atoms with Gasteiger partial charge in [0.25, 0.3) is 0 Å². The summed E-state index contributed by atoms with van der Waals surface area (Å²) >= 11 is 12.2. The average molecular weight is 332 g/mol. The first-order chi connectivity index (χ1) is 10.5. The second kappa shape index (κ2) is 5.95. The van der Waals surface area contributed by atoms with Crippen molar-refractivity contribution in [3.8, 4) is 0 Å². The fourth-order valence-corrected chi connectivity index (χ4v) is 2.52. The molecule has 110 valence electrons. The second-order valence-electron chi connectivity index (χ2n) is 4.84. The zero-order valence-corrected chi connectivity index (χ0v) is 13.2. The molecule has 5 heteroatoms. The van der Waals surface area contributed by atoms with Crippen LogP contribution in [-0.2, 0) is 9.53 Å². The van der Waals surface area contributed by atoms with Crippen LogP contribution in [0.3, 0.4) is 0 Å². The summed E-state index contributed by atoms with van der Waals surface area (Å²) in [6.07, 6.45) is 1.54. The minimum Gasteiger partial charge on any atom is -0.402 e. The van der Waals surface area contributed by atoms with E-state index in [2.05, 4.69) is 4.99 Å². The summed E-state index contributed by atoms with van der Waals surface area (Å²) in [5.74, 6) is -0.244. The van der Waals surface area contributed by atoms with Crippen LogP contribution in [0.5, 0.6) is 0 Å². The van der Waals surface area contributed by atoms with Gasteiger partial charge in [0, 0.05) is 21.2 Å². The summed E-state index contributed by atoms with van der Waals surface area (Å²) in [6, 6.07) is 12.7. The number of hydrogen-bond acceptors (Lipinski definition) is 3. The average Bonchev–Trinajstić information content (AvgIpc) is 2.85. The van der Waals surface area contributed by atoms with E-state index in [0.717, 1.165) is 11.1 Å². The molecule has 0 fully saturated rings. The van der Waals surface area contributed by atoms with E-state index in [4.69, 9.17) is 27.9 Å². The first-order valence-electron chi connectivity index (χ1n) is 6.58. The van der Waals surface area contributed by atoms with E-state index in [9.17, 15) is 4.79 Å². The molecule has 2 aromatic carbocycles. The lowest BCUT2D eigenvalue weighted by molar-refractivity contribution is -0.129. The fraction of sp³-hybridized carbons (Fsp3) is 0.0588. The lowest BCUT2D eigenvalue weighted by Crippen LogP contribution is -2.05. The minimum absolute atomic E-state index is 0.172. The molecule has 3 nitrogen and oxygen atoms in total. The summed E-state index contributed by atoms with van der Waals surface area (Å²) in [4.78, 5) is 16.2. The molecule has 0 spiro atoms. The Labute approximate surface area is 137 Å². The number of rotatable bonds is 2. The molecule has 1 aliphatic rings. The maximum atomic E-state index is 12.0. The second-order valence-corrected chi connectivity index (χ2v) is 5.65. The summed E-state index contributed by atoms with van der Waals surface area (Å²) in [6.45, 7) is 1.98. The Morgan fingerprint density at radius 2 is 1.68 bits per heavy atom. The van der Waals surface area contributed by atoms with Crippen LogP contribution in [0.4, 0.5) is 0 Å². The molecule has 22 heavy (non-hydrogen) atoms. The molecule has 0 aromatic heterocycles. The number of aliphatic imine (C=N–C) groups is 1. The molecule has 2 aromatic rings. The van der Waals surface area contributed by atoms with Gasteiger partial charge in [-0.25, -0.2) is 9.79 Å². The quantitative estimate of drug-likeness (QED) is 0.593. The highest BCUT2D eigenvalue weighted by atomic mass is 35.5. The number of ether oxygens (including phenoxy) is 1. The Kier molecular flexibility index (Phi) is 4.01. The van der Waals surface area contributed by atoms with Crippen molar-refractivity contribution >= 4 is 41.1 Å². The molecule has 1 heterocycles. The number of halogens is 2. The van der Waals surface area contributed by atoms with Crippen molar-refractivity contribution in [1.29, 1.82) is 0 Å². The van der Waals surface area contributed by atoms with Gasteiger partial charge < -0.3 is 4.74 Å². The number of hydrogen-bond donors (Lipinski definition) is 0. The Morgan fingerprint density at radius 3 is 2.32 bits per heavy atom. The molecule has 0 amide bonds. The van der Waals surface area contributed by atoms with Crippen molar-refractivity contribution in [3.63, 3.8) is 0 Å². The third-order valence-corrected chi connectivity index (χ3v) is 3.86. The summed E-state index contributed by atoms with van der Waals surface area (Å²) < 4.78 is 5.21. The number of esters is 1. The van der Waals surface area contributed by atoms with E-state index < -0.39 is 5.97 Å². The van der Waals surface area contributed by atoms with Gasteiger partial charge in [-0.2, -0.15) is 0 Å². The lowest BCUT2D eigenvalue weighted by Gasteiger charge is -2.00. The highest BCUT2D eigenvalue weighted by molar-refractivity contribution is 6.37. The van der Waals surface area contributed by atoms with Crippen molar-refractivity contribution in [3.05, 3.63) is 74.9 Å². The SMILES string of the molecule is Cc1ccc(C2=N/C(=C\c3c(Cl)cccc3Cl)C(=O)O2)cc1. The zero-order chi connectivity index (χ0) is 15.7. The van der Waals surface area contributed by atoms with E-state index in [1.807, 2.05) is 31.2 Å². The minimum atomic E-state index is -0.522. The summed E-state index contributed by atoms with van der Waals surface area (Å²) in [5, 5.41) is 0.901. The van der Waals surface area contributed by atoms with Crippen molar-refractivity contribution < 1.29 is 9.53 Å². The number of carbonyl (C=O) groups is 1. The van der Waals surface area contributed by atoms with Crippen LogP contribution in [0.1, 0.15) is 16.7 Å². The standard InChI is InChI=1S/C17H11Cl2NO2/c1-10-5-7-11(8-6-10)16-20-15(17(21)22-16)9-12-13(18)3-2-4-14(12)19/h2-9H,1H3/b15-9-. The van der Waals surface area contributed by atoms with E-state index in [1.54, 1.807) is 18.2 Å². The molecule has 0 atom stereocenters. The summed E-state index contributed by atoms with van der Waals surface area (Å²) in [7, 11) is 0. The highest BCUT2D eigenvalue weighted by Crippen LogP contribution is 2.28. The van der Waals surface area contributed by atoms with Crippen molar-refractivity contribution in [2.75, 3.05) is 0 Å². The Hall–Kier alpha value is -2.10. The maximum absolute atomic E-state index is 12.0. The lowest BCUT2D eigenvalue weighted by atomic mass is 10.1. The van der Waals surface area contributed by atoms with Crippen LogP contribution in [-0.4, -0.2) is 11.9 Å². The number of benzene rings is 2. The smallest absolute Gasteiger partial charge is 0.363 e. The van der Waals surface area contributed by atoms with Gasteiger partial charge in [0.2, 0.25) is 5.90 Å². The van der Waals surface area contributed by atoms with Crippen LogP contribution >= 0.6 is 23.2 Å². The van der Waals surface area contributed by atoms with Gasteiger partial charge in [0.15, 0.2) is 5.70 Å². The topological polar surface area (TPSA) is 38.7 Å². The Morgan fingerprint density at radius 1 is 1.05 bits per heavy atom. The normalized spacial score (nSPS) is 15.9. The largest absolute Gasteiger partial charge is 0.402 e. The molecule has 0 radical (unpaired) electrons. The van der Waals surface area contributed by atoms with Crippen LogP contribution < -0.4 is 0 Å². The Balaban J connectivity index is 1.99. The molecule has 1 aliphatic heterocycles. The molecule has 0 N–H and O–H groups in total. The van der Waals surface area contributed by atoms with Gasteiger partial charge in [-0.1, -0.05) is 47.0 Å². The van der Waals surface area contributed by atoms with Gasteiger partial charge in [0.05, 0.1) is 0 Å². The van der Waals surface area contributed by atoms with Crippen LogP contribution in [0.15, 0.2) is 53.2 Å². The van der Waals surface area contributed by atoms with Crippen molar-refractivity contribution in [1.82, 2.24) is 0 Å².